The predicted octanol–water partition coefficient (Wildman–Crippen LogP) is 12.9. The van der Waals surface area contributed by atoms with Crippen LogP contribution in [-0.4, -0.2) is 15.0 Å². The third kappa shape index (κ3) is 5.63. The van der Waals surface area contributed by atoms with E-state index >= 15 is 0 Å². The zero-order valence-electron chi connectivity index (χ0n) is 28.6. The van der Waals surface area contributed by atoms with E-state index in [1.54, 1.807) is 0 Å². The molecule has 0 amide bonds. The second-order valence-electron chi connectivity index (χ2n) is 13.2. The van der Waals surface area contributed by atoms with E-state index in [2.05, 4.69) is 146 Å². The molecule has 3 heterocycles. The van der Waals surface area contributed by atoms with E-state index in [-0.39, 0.29) is 0 Å². The second kappa shape index (κ2) is 12.9. The Morgan fingerprint density at radius 1 is 0.340 bits per heavy atom. The zero-order valence-corrected chi connectivity index (χ0v) is 28.6. The van der Waals surface area contributed by atoms with Crippen molar-refractivity contribution in [1.29, 1.82) is 0 Å². The largest absolute Gasteiger partial charge is 0.455 e. The number of benzene rings is 7. The minimum atomic E-state index is 0.695. The van der Waals surface area contributed by atoms with Crippen LogP contribution in [0.1, 0.15) is 0 Å². The first-order valence-electron chi connectivity index (χ1n) is 17.8. The molecule has 0 atom stereocenters. The summed E-state index contributed by atoms with van der Waals surface area (Å²) >= 11 is 0. The van der Waals surface area contributed by atoms with Crippen molar-refractivity contribution in [3.63, 3.8) is 0 Å². The Hall–Kier alpha value is -7.17. The lowest BCUT2D eigenvalue weighted by Crippen LogP contribution is -1.96. The predicted molar refractivity (Wildman–Crippen MR) is 217 cm³/mol. The van der Waals surface area contributed by atoms with E-state index < -0.39 is 0 Å². The normalized spacial score (nSPS) is 11.4. The van der Waals surface area contributed by atoms with Crippen molar-refractivity contribution in [3.8, 4) is 67.4 Å². The fourth-order valence-electron chi connectivity index (χ4n) is 7.20. The minimum Gasteiger partial charge on any atom is -0.455 e. The molecular weight excluding hydrogens is 647 g/mol. The van der Waals surface area contributed by atoms with E-state index in [1.165, 1.54) is 11.1 Å². The Morgan fingerprint density at radius 2 is 0.830 bits per heavy atom. The molecule has 0 aliphatic carbocycles. The number of fused-ring (bicyclic) bond motifs is 5. The number of para-hydroxylation sites is 1. The highest BCUT2D eigenvalue weighted by Gasteiger charge is 2.18. The van der Waals surface area contributed by atoms with Crippen molar-refractivity contribution in [2.75, 3.05) is 0 Å². The standard InChI is InChI=1S/C49H31N3O/c1-4-12-32(13-5-1)33-20-24-35(25-21-33)43-31-44(52-49(51-43)38-16-8-3-9-17-38)36-26-22-34(23-27-36)39-28-29-42-41(30-39)48-46(40-18-10-11-19-45(40)53-48)47(50-42)37-14-6-2-7-15-37/h1-31H. The summed E-state index contributed by atoms with van der Waals surface area (Å²) in [6.07, 6.45) is 0. The van der Waals surface area contributed by atoms with Crippen LogP contribution in [0.4, 0.5) is 0 Å². The van der Waals surface area contributed by atoms with E-state index in [0.29, 0.717) is 5.82 Å². The van der Waals surface area contributed by atoms with Gasteiger partial charge in [0.1, 0.15) is 11.2 Å². The van der Waals surface area contributed by atoms with Crippen LogP contribution in [0.3, 0.4) is 0 Å². The van der Waals surface area contributed by atoms with Crippen LogP contribution in [-0.2, 0) is 0 Å². The quantitative estimate of drug-likeness (QED) is 0.176. The van der Waals surface area contributed by atoms with Crippen molar-refractivity contribution >= 4 is 32.8 Å². The number of furan rings is 1. The minimum absolute atomic E-state index is 0.695. The second-order valence-corrected chi connectivity index (χ2v) is 13.2. The van der Waals surface area contributed by atoms with Gasteiger partial charge < -0.3 is 4.42 Å². The highest BCUT2D eigenvalue weighted by atomic mass is 16.3. The van der Waals surface area contributed by atoms with Gasteiger partial charge in [-0.3, -0.25) is 0 Å². The van der Waals surface area contributed by atoms with Crippen molar-refractivity contribution in [2.24, 2.45) is 0 Å². The summed E-state index contributed by atoms with van der Waals surface area (Å²) in [6.45, 7) is 0. The molecule has 0 spiro atoms. The van der Waals surface area contributed by atoms with Crippen LogP contribution < -0.4 is 0 Å². The number of hydrogen-bond acceptors (Lipinski definition) is 4. The molecule has 0 radical (unpaired) electrons. The fraction of sp³-hybridized carbons (Fsp3) is 0. The Bertz CT molecular complexity index is 2900. The molecule has 0 saturated heterocycles. The van der Waals surface area contributed by atoms with Crippen LogP contribution >= 0.6 is 0 Å². The molecule has 4 heteroatoms. The van der Waals surface area contributed by atoms with Crippen molar-refractivity contribution in [1.82, 2.24) is 15.0 Å². The number of nitrogens with zero attached hydrogens (tertiary/aromatic N) is 3. The molecule has 0 unspecified atom stereocenters. The smallest absolute Gasteiger partial charge is 0.160 e. The molecule has 4 nitrogen and oxygen atoms in total. The molecule has 10 aromatic rings. The molecule has 0 aliphatic rings. The van der Waals surface area contributed by atoms with Gasteiger partial charge in [0.25, 0.3) is 0 Å². The lowest BCUT2D eigenvalue weighted by atomic mass is 9.98. The highest BCUT2D eigenvalue weighted by molar-refractivity contribution is 6.19. The third-order valence-corrected chi connectivity index (χ3v) is 9.91. The molecule has 7 aromatic carbocycles. The lowest BCUT2D eigenvalue weighted by Gasteiger charge is -2.11. The van der Waals surface area contributed by atoms with Crippen LogP contribution in [0.5, 0.6) is 0 Å². The summed E-state index contributed by atoms with van der Waals surface area (Å²) in [5, 5.41) is 3.09. The molecule has 0 aliphatic heterocycles. The molecule has 0 bridgehead atoms. The highest BCUT2D eigenvalue weighted by Crippen LogP contribution is 2.40. The van der Waals surface area contributed by atoms with Crippen LogP contribution in [0.2, 0.25) is 0 Å². The van der Waals surface area contributed by atoms with Crippen molar-refractivity contribution in [2.45, 2.75) is 0 Å². The number of rotatable bonds is 6. The molecule has 248 valence electrons. The lowest BCUT2D eigenvalue weighted by molar-refractivity contribution is 0.672. The first kappa shape index (κ1) is 30.6. The van der Waals surface area contributed by atoms with Crippen LogP contribution in [0, 0.1) is 0 Å². The Balaban J connectivity index is 1.05. The van der Waals surface area contributed by atoms with Gasteiger partial charge in [-0.25, -0.2) is 15.0 Å². The average molecular weight is 678 g/mol. The monoisotopic (exact) mass is 677 g/mol. The number of hydrogen-bond donors (Lipinski definition) is 0. The summed E-state index contributed by atoms with van der Waals surface area (Å²) in [4.78, 5) is 15.3. The van der Waals surface area contributed by atoms with Crippen LogP contribution in [0.25, 0.3) is 100 Å². The number of pyridine rings is 1. The SMILES string of the molecule is c1ccc(-c2ccc(-c3cc(-c4ccc(-c5ccc6nc(-c7ccccc7)c7c8ccccc8oc7c6c5)cc4)nc(-c4ccccc4)n3)cc2)cc1. The molecule has 0 saturated carbocycles. The van der Waals surface area contributed by atoms with E-state index in [1.807, 2.05) is 42.5 Å². The van der Waals surface area contributed by atoms with Gasteiger partial charge in [0.2, 0.25) is 0 Å². The maximum atomic E-state index is 6.57. The van der Waals surface area contributed by atoms with Gasteiger partial charge in [0.15, 0.2) is 5.82 Å². The summed E-state index contributed by atoms with van der Waals surface area (Å²) in [5.41, 5.74) is 13.9. The molecule has 10 rings (SSSR count). The fourth-order valence-corrected chi connectivity index (χ4v) is 7.20. The first-order valence-corrected chi connectivity index (χ1v) is 17.8. The summed E-state index contributed by atoms with van der Waals surface area (Å²) < 4.78 is 6.57. The Kier molecular flexibility index (Phi) is 7.43. The summed E-state index contributed by atoms with van der Waals surface area (Å²) in [7, 11) is 0. The number of aromatic nitrogens is 3. The molecule has 0 fully saturated rings. The van der Waals surface area contributed by atoms with Gasteiger partial charge in [-0.1, -0.05) is 164 Å². The topological polar surface area (TPSA) is 51.8 Å². The van der Waals surface area contributed by atoms with Gasteiger partial charge in [-0.05, 0) is 46.5 Å². The maximum Gasteiger partial charge on any atom is 0.160 e. The zero-order chi connectivity index (χ0) is 35.1. The van der Waals surface area contributed by atoms with E-state index in [0.717, 1.165) is 83.3 Å². The molecule has 0 N–H and O–H groups in total. The van der Waals surface area contributed by atoms with E-state index in [9.17, 15) is 0 Å². The van der Waals surface area contributed by atoms with E-state index in [4.69, 9.17) is 19.4 Å². The molecular formula is C49H31N3O. The van der Waals surface area contributed by atoms with Gasteiger partial charge >= 0.3 is 0 Å². The van der Waals surface area contributed by atoms with Gasteiger partial charge in [0, 0.05) is 33.0 Å². The van der Waals surface area contributed by atoms with Crippen molar-refractivity contribution < 1.29 is 4.42 Å². The third-order valence-electron chi connectivity index (χ3n) is 9.91. The van der Waals surface area contributed by atoms with Gasteiger partial charge in [-0.15, -0.1) is 0 Å². The summed E-state index contributed by atoms with van der Waals surface area (Å²) in [5.74, 6) is 0.695. The van der Waals surface area contributed by atoms with Crippen LogP contribution in [0.15, 0.2) is 192 Å². The molecule has 3 aromatic heterocycles. The first-order chi connectivity index (χ1) is 26.2. The van der Waals surface area contributed by atoms with Gasteiger partial charge in [-0.2, -0.15) is 0 Å². The maximum absolute atomic E-state index is 6.57. The summed E-state index contributed by atoms with van der Waals surface area (Å²) in [6, 6.07) is 64.9. The van der Waals surface area contributed by atoms with Crippen molar-refractivity contribution in [3.05, 3.63) is 188 Å². The molecule has 53 heavy (non-hydrogen) atoms. The Morgan fingerprint density at radius 3 is 1.47 bits per heavy atom. The average Bonchev–Trinajstić information content (AvgIpc) is 3.64. The van der Waals surface area contributed by atoms with Gasteiger partial charge in [0.05, 0.1) is 28.0 Å². The Labute approximate surface area is 306 Å².